The van der Waals surface area contributed by atoms with Crippen molar-refractivity contribution in [2.24, 2.45) is 0 Å². The van der Waals surface area contributed by atoms with Crippen molar-refractivity contribution in [1.29, 1.82) is 5.26 Å². The summed E-state index contributed by atoms with van der Waals surface area (Å²) in [6.45, 7) is 4.04. The van der Waals surface area contributed by atoms with Gasteiger partial charge in [0.25, 0.3) is 0 Å². The third kappa shape index (κ3) is 4.53. The molecule has 4 heterocycles. The first kappa shape index (κ1) is 22.8. The van der Waals surface area contributed by atoms with Gasteiger partial charge in [0.2, 0.25) is 0 Å². The lowest BCUT2D eigenvalue weighted by Gasteiger charge is -2.28. The Morgan fingerprint density at radius 2 is 1.83 bits per heavy atom. The van der Waals surface area contributed by atoms with E-state index in [4.69, 9.17) is 14.7 Å². The van der Waals surface area contributed by atoms with E-state index in [1.165, 1.54) is 25.9 Å². The Balaban J connectivity index is 0.000000453. The number of nitriles is 1. The first-order valence-electron chi connectivity index (χ1n) is 11.9. The lowest BCUT2D eigenvalue weighted by Crippen LogP contribution is -2.28. The van der Waals surface area contributed by atoms with E-state index >= 15 is 0 Å². The number of methoxy groups -OCH3 is 1. The molecular formula is C28H29N5O2. The number of pyridine rings is 1. The smallest absolute Gasteiger partial charge is 0.145 e. The molecule has 0 spiro atoms. The number of rotatable bonds is 3. The Morgan fingerprint density at radius 1 is 1.06 bits per heavy atom. The molecule has 1 saturated heterocycles. The van der Waals surface area contributed by atoms with E-state index in [1.54, 1.807) is 19.6 Å². The molecule has 1 fully saturated rings. The van der Waals surface area contributed by atoms with Gasteiger partial charge < -0.3 is 19.7 Å². The summed E-state index contributed by atoms with van der Waals surface area (Å²) >= 11 is 0. The molecule has 2 aliphatic heterocycles. The Kier molecular flexibility index (Phi) is 6.55. The maximum atomic E-state index is 9.16. The van der Waals surface area contributed by atoms with Crippen LogP contribution in [-0.2, 0) is 0 Å². The number of anilines is 1. The molecule has 1 N–H and O–H groups in total. The third-order valence-electron chi connectivity index (χ3n) is 6.49. The van der Waals surface area contributed by atoms with E-state index in [2.05, 4.69) is 46.5 Å². The van der Waals surface area contributed by atoms with Gasteiger partial charge in [-0.2, -0.15) is 5.26 Å². The molecular weight excluding hydrogens is 438 g/mol. The van der Waals surface area contributed by atoms with Crippen molar-refractivity contribution < 1.29 is 9.47 Å². The number of ether oxygens (including phenoxy) is 2. The number of benzene rings is 2. The van der Waals surface area contributed by atoms with Crippen molar-refractivity contribution >= 4 is 11.2 Å². The number of hydrogen-bond donors (Lipinski definition) is 1. The molecule has 35 heavy (non-hydrogen) atoms. The zero-order chi connectivity index (χ0) is 24.2. The number of aromatic nitrogens is 2. The highest BCUT2D eigenvalue weighted by Gasteiger charge is 2.20. The van der Waals surface area contributed by atoms with Crippen LogP contribution in [0.1, 0.15) is 18.4 Å². The van der Waals surface area contributed by atoms with Crippen LogP contribution >= 0.6 is 0 Å². The average Bonchev–Trinajstić information content (AvgIpc) is 3.63. The standard InChI is InChI=1S/C24H20N4O2.C4H9N/c1-27-9-10-30-23-11-18(7-8-20(23)27)24-19(17-5-3-16(13-25)4-6-17)12-22(29-2)21-14-26-15-28(21)24;1-2-4-5-3-1/h3-8,11-12,14-15H,9-10H2,1-2H3;5H,1-4H2. The van der Waals surface area contributed by atoms with Crippen LogP contribution in [0.5, 0.6) is 11.5 Å². The highest BCUT2D eigenvalue weighted by Crippen LogP contribution is 2.41. The lowest BCUT2D eigenvalue weighted by molar-refractivity contribution is 0.311. The largest absolute Gasteiger partial charge is 0.494 e. The van der Waals surface area contributed by atoms with Gasteiger partial charge in [-0.15, -0.1) is 0 Å². The van der Waals surface area contributed by atoms with Crippen LogP contribution in [0, 0.1) is 11.3 Å². The van der Waals surface area contributed by atoms with E-state index in [-0.39, 0.29) is 0 Å². The molecule has 6 rings (SSSR count). The number of nitrogens with one attached hydrogen (secondary N) is 1. The van der Waals surface area contributed by atoms with Gasteiger partial charge in [0, 0.05) is 18.2 Å². The molecule has 2 aliphatic rings. The number of nitrogens with zero attached hydrogens (tertiary/aromatic N) is 4. The van der Waals surface area contributed by atoms with Crippen molar-refractivity contribution in [3.8, 4) is 40.0 Å². The fourth-order valence-electron chi connectivity index (χ4n) is 4.59. The Bertz CT molecular complexity index is 1360. The van der Waals surface area contributed by atoms with Crippen LogP contribution < -0.4 is 19.7 Å². The van der Waals surface area contributed by atoms with Gasteiger partial charge in [-0.1, -0.05) is 18.2 Å². The van der Waals surface area contributed by atoms with Crippen LogP contribution in [0.25, 0.3) is 27.9 Å². The van der Waals surface area contributed by atoms with Gasteiger partial charge >= 0.3 is 0 Å². The molecule has 0 bridgehead atoms. The topological polar surface area (TPSA) is 74.8 Å². The molecule has 0 amide bonds. The normalized spacial score (nSPS) is 14.5. The number of hydrogen-bond acceptors (Lipinski definition) is 6. The zero-order valence-corrected chi connectivity index (χ0v) is 20.1. The van der Waals surface area contributed by atoms with E-state index in [1.807, 2.05) is 34.7 Å². The van der Waals surface area contributed by atoms with Gasteiger partial charge in [-0.3, -0.25) is 4.40 Å². The highest BCUT2D eigenvalue weighted by molar-refractivity contribution is 5.87. The molecule has 7 nitrogen and oxygen atoms in total. The average molecular weight is 468 g/mol. The molecule has 4 aromatic rings. The first-order chi connectivity index (χ1) is 17.2. The SMILES string of the molecule is C1CCNC1.COc1cc(-c2ccc(C#N)cc2)c(-c2ccc3c(c2)OCCN3C)n2cncc12. The van der Waals surface area contributed by atoms with Crippen molar-refractivity contribution in [2.75, 3.05) is 45.3 Å². The second-order valence-electron chi connectivity index (χ2n) is 8.72. The highest BCUT2D eigenvalue weighted by atomic mass is 16.5. The van der Waals surface area contributed by atoms with Crippen LogP contribution in [0.2, 0.25) is 0 Å². The first-order valence-corrected chi connectivity index (χ1v) is 11.9. The number of likely N-dealkylation sites (N-methyl/N-ethyl adjacent to an activating group) is 1. The maximum Gasteiger partial charge on any atom is 0.145 e. The summed E-state index contributed by atoms with van der Waals surface area (Å²) in [5, 5.41) is 12.4. The minimum absolute atomic E-state index is 0.626. The second-order valence-corrected chi connectivity index (χ2v) is 8.72. The summed E-state index contributed by atoms with van der Waals surface area (Å²) in [4.78, 5) is 6.56. The van der Waals surface area contributed by atoms with Gasteiger partial charge in [0.05, 0.1) is 49.2 Å². The minimum Gasteiger partial charge on any atom is -0.494 e. The van der Waals surface area contributed by atoms with E-state index in [0.29, 0.717) is 12.2 Å². The minimum atomic E-state index is 0.626. The van der Waals surface area contributed by atoms with Gasteiger partial charge in [-0.25, -0.2) is 4.98 Å². The summed E-state index contributed by atoms with van der Waals surface area (Å²) in [5.74, 6) is 1.61. The van der Waals surface area contributed by atoms with Crippen molar-refractivity contribution in [1.82, 2.24) is 14.7 Å². The van der Waals surface area contributed by atoms with Crippen molar-refractivity contribution in [3.05, 3.63) is 66.6 Å². The molecule has 0 radical (unpaired) electrons. The molecule has 2 aromatic carbocycles. The van der Waals surface area contributed by atoms with Gasteiger partial charge in [0.15, 0.2) is 0 Å². The summed E-state index contributed by atoms with van der Waals surface area (Å²) in [5.41, 5.74) is 6.60. The Hall–Kier alpha value is -4.02. The Morgan fingerprint density at radius 3 is 2.51 bits per heavy atom. The molecule has 0 aliphatic carbocycles. The molecule has 0 atom stereocenters. The fourth-order valence-corrected chi connectivity index (χ4v) is 4.59. The fraction of sp³-hybridized carbons (Fsp3) is 0.286. The molecule has 2 aromatic heterocycles. The summed E-state index contributed by atoms with van der Waals surface area (Å²) < 4.78 is 13.6. The summed E-state index contributed by atoms with van der Waals surface area (Å²) in [6, 6.07) is 18.1. The molecule has 7 heteroatoms. The number of fused-ring (bicyclic) bond motifs is 2. The predicted molar refractivity (Wildman–Crippen MR) is 138 cm³/mol. The molecule has 0 unspecified atom stereocenters. The van der Waals surface area contributed by atoms with Crippen LogP contribution in [-0.4, -0.2) is 49.8 Å². The van der Waals surface area contributed by atoms with E-state index in [9.17, 15) is 0 Å². The second kappa shape index (κ2) is 10.1. The van der Waals surface area contributed by atoms with Crippen LogP contribution in [0.4, 0.5) is 5.69 Å². The van der Waals surface area contributed by atoms with E-state index < -0.39 is 0 Å². The van der Waals surface area contributed by atoms with Crippen molar-refractivity contribution in [2.45, 2.75) is 12.8 Å². The van der Waals surface area contributed by atoms with E-state index in [0.717, 1.165) is 51.6 Å². The van der Waals surface area contributed by atoms with Gasteiger partial charge in [0.1, 0.15) is 23.6 Å². The number of imidazole rings is 1. The zero-order valence-electron chi connectivity index (χ0n) is 20.1. The lowest BCUT2D eigenvalue weighted by atomic mass is 9.97. The predicted octanol–water partition coefficient (Wildman–Crippen LogP) is 4.75. The molecule has 178 valence electrons. The maximum absolute atomic E-state index is 9.16. The third-order valence-corrected chi connectivity index (χ3v) is 6.49. The van der Waals surface area contributed by atoms with Gasteiger partial charge in [-0.05, 0) is 61.8 Å². The van der Waals surface area contributed by atoms with Crippen molar-refractivity contribution in [3.63, 3.8) is 0 Å². The Labute approximate surface area is 205 Å². The molecule has 0 saturated carbocycles. The monoisotopic (exact) mass is 467 g/mol. The van der Waals surface area contributed by atoms with Crippen LogP contribution in [0.3, 0.4) is 0 Å². The summed E-state index contributed by atoms with van der Waals surface area (Å²) in [6.07, 6.45) is 6.38. The quantitative estimate of drug-likeness (QED) is 0.469. The van der Waals surface area contributed by atoms with Crippen LogP contribution in [0.15, 0.2) is 61.1 Å². The summed E-state index contributed by atoms with van der Waals surface area (Å²) in [7, 11) is 3.73.